The molecule has 0 spiro atoms. The van der Waals surface area contributed by atoms with Crippen molar-refractivity contribution in [2.45, 2.75) is 190 Å². The summed E-state index contributed by atoms with van der Waals surface area (Å²) in [5, 5.41) is 23.4. The molecule has 12 unspecified atom stereocenters. The van der Waals surface area contributed by atoms with Gasteiger partial charge in [-0.3, -0.25) is 47.9 Å². The molecular formula is C67H103N9O13. The van der Waals surface area contributed by atoms with Crippen molar-refractivity contribution >= 4 is 69.8 Å². The molecule has 89 heavy (non-hydrogen) atoms. The summed E-state index contributed by atoms with van der Waals surface area (Å²) in [6, 6.07) is 4.19. The quantitative estimate of drug-likeness (QED) is 0.114. The Balaban J connectivity index is 1.97. The monoisotopic (exact) mass is 1240 g/mol. The van der Waals surface area contributed by atoms with Crippen LogP contribution in [-0.2, 0) is 65.5 Å². The normalized spacial score (nSPS) is 26.2. The molecule has 1 aliphatic rings. The van der Waals surface area contributed by atoms with Gasteiger partial charge in [0.1, 0.15) is 48.1 Å². The van der Waals surface area contributed by atoms with Gasteiger partial charge in [-0.15, -0.1) is 0 Å². The second-order valence-corrected chi connectivity index (χ2v) is 26.4. The molecule has 0 bridgehead atoms. The second-order valence-electron chi connectivity index (χ2n) is 26.4. The van der Waals surface area contributed by atoms with E-state index >= 15 is 14.4 Å². The highest BCUT2D eigenvalue weighted by molar-refractivity contribution is 6.00. The Bertz CT molecular complexity index is 2940. The van der Waals surface area contributed by atoms with E-state index in [9.17, 15) is 38.7 Å². The van der Waals surface area contributed by atoms with Crippen LogP contribution in [0.4, 0.5) is 0 Å². The van der Waals surface area contributed by atoms with Crippen LogP contribution in [0.1, 0.15) is 127 Å². The van der Waals surface area contributed by atoms with Crippen LogP contribution >= 0.6 is 0 Å². The summed E-state index contributed by atoms with van der Waals surface area (Å²) in [6.45, 7) is 23.9. The molecule has 6 N–H and O–H groups in total. The fourth-order valence-electron chi connectivity index (χ4n) is 11.9. The van der Waals surface area contributed by atoms with Crippen LogP contribution in [0.3, 0.4) is 0 Å². The standard InChI is InChI=1S/C67H103N9O13/c1-35(2)29-50-61(81)71-56(39(9)10)64(84)75(18)58(40(11)12)66(86)73(16)49(31-44-34-69-47-27-24-28-53(88-20)54(44)47)52(79)32-45(36(3)4)60(80)70-48(30-43-25-22-21-23-26-43)51(78)33-46(37(5)6)67(87)89-42(14)57(68-15)65(85)76(19)59(41(13)77)62(82)72-55(38(7)8)63(83)74(50)17/h21-28,34-42,45-46,48-50,55-59,68-69,77H,29-33H2,1-20H3,(H,70,80)(H,71,81)(H,72,82). The maximum Gasteiger partial charge on any atom is 0.309 e. The first-order valence-corrected chi connectivity index (χ1v) is 31.4. The van der Waals surface area contributed by atoms with Gasteiger partial charge in [-0.2, -0.15) is 0 Å². The Morgan fingerprint density at radius 2 is 1.12 bits per heavy atom. The summed E-state index contributed by atoms with van der Waals surface area (Å²) in [5.74, 6) is -11.1. The zero-order valence-electron chi connectivity index (χ0n) is 56.3. The number of fused-ring (bicyclic) bond motifs is 1. The van der Waals surface area contributed by atoms with Gasteiger partial charge >= 0.3 is 5.97 Å². The summed E-state index contributed by atoms with van der Waals surface area (Å²) in [5.41, 5.74) is 2.04. The first-order valence-electron chi connectivity index (χ1n) is 31.4. The first-order chi connectivity index (χ1) is 41.6. The molecule has 22 heteroatoms. The number of ketones is 2. The van der Waals surface area contributed by atoms with Gasteiger partial charge in [-0.25, -0.2) is 0 Å². The SMILES string of the molecule is CNC1C(=O)N(C)C(C(C)O)C(=O)NC(C(C)C)C(=O)N(C)C(CC(C)C)C(=O)NC(C(C)C)C(=O)N(C)C(C(C)C)C(=O)N(C)C(Cc2c[nH]c3cccc(OC)c23)C(=O)CC(C(C)C)C(=O)NC(Cc2ccccc2)C(=O)CC(C(C)C)C(=O)OC1C. The number of cyclic esters (lactones) is 1. The number of Topliss-reactive ketones (excluding diaryl/α,β-unsaturated/α-hetero) is 2. The maximum absolute atomic E-state index is 15.5. The fourth-order valence-corrected chi connectivity index (χ4v) is 11.9. The number of aliphatic hydroxyl groups is 1. The highest BCUT2D eigenvalue weighted by atomic mass is 16.5. The van der Waals surface area contributed by atoms with Crippen LogP contribution < -0.4 is 26.0 Å². The lowest BCUT2D eigenvalue weighted by atomic mass is 9.85. The van der Waals surface area contributed by atoms with Gasteiger partial charge in [0.25, 0.3) is 0 Å². The molecule has 7 amide bonds. The van der Waals surface area contributed by atoms with Crippen molar-refractivity contribution in [2.75, 3.05) is 42.3 Å². The average Bonchev–Trinajstić information content (AvgIpc) is 3.40. The molecule has 0 aliphatic carbocycles. The fraction of sp³-hybridized carbons (Fsp3) is 0.642. The number of aromatic nitrogens is 1. The summed E-state index contributed by atoms with van der Waals surface area (Å²) < 4.78 is 11.8. The van der Waals surface area contributed by atoms with Gasteiger partial charge in [-0.1, -0.05) is 119 Å². The van der Waals surface area contributed by atoms with Gasteiger partial charge in [0.15, 0.2) is 11.6 Å². The molecule has 2 heterocycles. The predicted molar refractivity (Wildman–Crippen MR) is 341 cm³/mol. The zero-order chi connectivity index (χ0) is 67.2. The van der Waals surface area contributed by atoms with E-state index in [1.165, 1.54) is 70.9 Å². The number of nitrogens with zero attached hydrogens (tertiary/aromatic N) is 4. The molecule has 2 aromatic carbocycles. The van der Waals surface area contributed by atoms with Crippen molar-refractivity contribution in [3.05, 3.63) is 65.9 Å². The molecule has 4 rings (SSSR count). The summed E-state index contributed by atoms with van der Waals surface area (Å²) in [4.78, 5) is 157. The number of amides is 7. The molecule has 0 saturated carbocycles. The van der Waals surface area contributed by atoms with Crippen molar-refractivity contribution < 1.29 is 62.5 Å². The molecule has 22 nitrogen and oxygen atoms in total. The smallest absolute Gasteiger partial charge is 0.309 e. The number of nitrogens with one attached hydrogen (secondary N) is 5. The molecule has 1 aromatic heterocycles. The van der Waals surface area contributed by atoms with Gasteiger partial charge in [0.05, 0.1) is 31.2 Å². The highest BCUT2D eigenvalue weighted by Gasteiger charge is 2.45. The topological polar surface area (TPSA) is 286 Å². The van der Waals surface area contributed by atoms with E-state index in [0.29, 0.717) is 27.8 Å². The van der Waals surface area contributed by atoms with Gasteiger partial charge in [-0.05, 0) is 92.5 Å². The lowest BCUT2D eigenvalue weighted by Gasteiger charge is -2.39. The Kier molecular flexibility index (Phi) is 27.6. The Morgan fingerprint density at radius 1 is 0.584 bits per heavy atom. The van der Waals surface area contributed by atoms with Gasteiger partial charge in [0.2, 0.25) is 41.4 Å². The Morgan fingerprint density at radius 3 is 1.64 bits per heavy atom. The van der Waals surface area contributed by atoms with E-state index in [0.717, 1.165) is 4.90 Å². The van der Waals surface area contributed by atoms with Crippen LogP contribution in [0.5, 0.6) is 5.75 Å². The van der Waals surface area contributed by atoms with Gasteiger partial charge in [0, 0.05) is 70.5 Å². The molecule has 12 atom stereocenters. The number of hydrogen-bond donors (Lipinski definition) is 6. The van der Waals surface area contributed by atoms with E-state index in [-0.39, 0.29) is 31.6 Å². The number of aliphatic hydroxyl groups excluding tert-OH is 1. The largest absolute Gasteiger partial charge is 0.496 e. The molecule has 0 radical (unpaired) electrons. The maximum atomic E-state index is 15.5. The number of carbonyl (C=O) groups excluding carboxylic acids is 10. The minimum atomic E-state index is -1.59. The molecule has 494 valence electrons. The Hall–Kier alpha value is -7.20. The lowest BCUT2D eigenvalue weighted by Crippen LogP contribution is -2.63. The minimum Gasteiger partial charge on any atom is -0.496 e. The zero-order valence-corrected chi connectivity index (χ0v) is 56.3. The summed E-state index contributed by atoms with van der Waals surface area (Å²) in [7, 11) is 8.65. The molecular weight excluding hydrogens is 1140 g/mol. The van der Waals surface area contributed by atoms with Crippen LogP contribution in [0.2, 0.25) is 0 Å². The number of ether oxygens (including phenoxy) is 2. The lowest BCUT2D eigenvalue weighted by molar-refractivity contribution is -0.161. The molecule has 1 aliphatic heterocycles. The van der Waals surface area contributed by atoms with E-state index in [4.69, 9.17) is 9.47 Å². The van der Waals surface area contributed by atoms with Crippen LogP contribution in [0.15, 0.2) is 54.7 Å². The van der Waals surface area contributed by atoms with E-state index in [2.05, 4.69) is 26.3 Å². The first kappa shape index (κ1) is 74.3. The van der Waals surface area contributed by atoms with Crippen LogP contribution in [0, 0.1) is 47.3 Å². The third-order valence-corrected chi connectivity index (χ3v) is 17.4. The molecule has 3 aromatic rings. The number of methoxy groups -OCH3 is 1. The highest BCUT2D eigenvalue weighted by Crippen LogP contribution is 2.32. The summed E-state index contributed by atoms with van der Waals surface area (Å²) in [6.07, 6.45) is -1.65. The number of likely N-dealkylation sites (N-methyl/N-ethyl adjacent to an activating group) is 5. The number of aromatic amines is 1. The van der Waals surface area contributed by atoms with Crippen molar-refractivity contribution in [3.63, 3.8) is 0 Å². The number of benzene rings is 2. The van der Waals surface area contributed by atoms with E-state index < -0.39 is 167 Å². The number of rotatable bonds is 14. The van der Waals surface area contributed by atoms with E-state index in [1.54, 1.807) is 106 Å². The van der Waals surface area contributed by atoms with Crippen LogP contribution in [0.25, 0.3) is 10.9 Å². The minimum absolute atomic E-state index is 0.0227. The van der Waals surface area contributed by atoms with E-state index in [1.807, 2.05) is 32.0 Å². The number of carbonyl (C=O) groups is 10. The predicted octanol–water partition coefficient (Wildman–Crippen LogP) is 5.12. The second kappa shape index (κ2) is 33.0. The molecule has 1 saturated heterocycles. The van der Waals surface area contributed by atoms with Crippen molar-refractivity contribution in [3.8, 4) is 5.75 Å². The van der Waals surface area contributed by atoms with Crippen LogP contribution in [-0.4, -0.2) is 191 Å². The van der Waals surface area contributed by atoms with Crippen molar-refractivity contribution in [2.24, 2.45) is 47.3 Å². The van der Waals surface area contributed by atoms with Crippen molar-refractivity contribution in [1.29, 1.82) is 0 Å². The molecule has 1 fully saturated rings. The van der Waals surface area contributed by atoms with Gasteiger partial charge < -0.3 is 60.4 Å². The third kappa shape index (κ3) is 18.7. The summed E-state index contributed by atoms with van der Waals surface area (Å²) >= 11 is 0. The number of H-pyrrole nitrogens is 1. The Labute approximate surface area is 527 Å². The number of hydrogen-bond acceptors (Lipinski definition) is 14. The average molecular weight is 1240 g/mol. The third-order valence-electron chi connectivity index (χ3n) is 17.4. The number of esters is 1. The van der Waals surface area contributed by atoms with Crippen molar-refractivity contribution in [1.82, 2.24) is 45.9 Å².